The zero-order chi connectivity index (χ0) is 17.9. The van der Waals surface area contributed by atoms with Crippen molar-refractivity contribution >= 4 is 28.8 Å². The fourth-order valence-corrected chi connectivity index (χ4v) is 2.07. The highest BCUT2D eigenvalue weighted by Gasteiger charge is 2.31. The summed E-state index contributed by atoms with van der Waals surface area (Å²) in [4.78, 5) is 21.9. The number of nitro benzene ring substituents is 1. The highest BCUT2D eigenvalue weighted by molar-refractivity contribution is 6.33. The van der Waals surface area contributed by atoms with E-state index in [1.807, 2.05) is 0 Å². The molecule has 0 heterocycles. The summed E-state index contributed by atoms with van der Waals surface area (Å²) in [6.45, 7) is -0.307. The Kier molecular flexibility index (Phi) is 5.08. The van der Waals surface area contributed by atoms with Gasteiger partial charge >= 0.3 is 6.18 Å². The van der Waals surface area contributed by atoms with Crippen LogP contribution in [0.25, 0.3) is 0 Å². The Hall–Kier alpha value is -2.61. The van der Waals surface area contributed by atoms with Crippen molar-refractivity contribution in [2.24, 2.45) is 0 Å². The van der Waals surface area contributed by atoms with E-state index in [0.717, 1.165) is 18.2 Å². The van der Waals surface area contributed by atoms with Crippen LogP contribution < -0.4 is 5.32 Å². The normalized spacial score (nSPS) is 11.2. The fourth-order valence-electron chi connectivity index (χ4n) is 1.88. The number of alkyl halides is 3. The van der Waals surface area contributed by atoms with Crippen molar-refractivity contribution in [1.82, 2.24) is 0 Å². The standard InChI is InChI=1S/C15H10ClF3N2O3/c16-12-6-3-10(15(17,18)19)7-13(12)20-8-14(22)9-1-4-11(5-2-9)21(23)24/h1-7,20H,8H2. The van der Waals surface area contributed by atoms with Crippen molar-refractivity contribution in [2.75, 3.05) is 11.9 Å². The first kappa shape index (κ1) is 17.7. The molecule has 0 saturated heterocycles. The van der Waals surface area contributed by atoms with Crippen LogP contribution in [0.15, 0.2) is 42.5 Å². The Balaban J connectivity index is 2.10. The zero-order valence-corrected chi connectivity index (χ0v) is 12.7. The molecule has 5 nitrogen and oxygen atoms in total. The van der Waals surface area contributed by atoms with E-state index >= 15 is 0 Å². The summed E-state index contributed by atoms with van der Waals surface area (Å²) in [6.07, 6.45) is -4.52. The largest absolute Gasteiger partial charge is 0.416 e. The van der Waals surface area contributed by atoms with Crippen molar-refractivity contribution in [3.8, 4) is 0 Å². The van der Waals surface area contributed by atoms with E-state index in [1.54, 1.807) is 0 Å². The molecule has 0 aliphatic heterocycles. The van der Waals surface area contributed by atoms with E-state index in [4.69, 9.17) is 11.6 Å². The summed E-state index contributed by atoms with van der Waals surface area (Å²) in [5, 5.41) is 13.1. The number of benzene rings is 2. The lowest BCUT2D eigenvalue weighted by atomic mass is 10.1. The van der Waals surface area contributed by atoms with E-state index in [1.165, 1.54) is 24.3 Å². The molecular weight excluding hydrogens is 349 g/mol. The first-order chi connectivity index (χ1) is 11.2. The molecule has 0 radical (unpaired) electrons. The van der Waals surface area contributed by atoms with Gasteiger partial charge in [-0.25, -0.2) is 0 Å². The number of carbonyl (C=O) groups excluding carboxylic acids is 1. The average Bonchev–Trinajstić information content (AvgIpc) is 2.52. The number of carbonyl (C=O) groups is 1. The Morgan fingerprint density at radius 1 is 1.17 bits per heavy atom. The van der Waals surface area contributed by atoms with Crippen LogP contribution in [0.2, 0.25) is 5.02 Å². The van der Waals surface area contributed by atoms with Gasteiger partial charge in [0.05, 0.1) is 27.7 Å². The van der Waals surface area contributed by atoms with Gasteiger partial charge in [0.2, 0.25) is 0 Å². The van der Waals surface area contributed by atoms with Gasteiger partial charge in [-0.2, -0.15) is 13.2 Å². The SMILES string of the molecule is O=C(CNc1cc(C(F)(F)F)ccc1Cl)c1ccc([N+](=O)[O-])cc1. The number of nitrogens with zero attached hydrogens (tertiary/aromatic N) is 1. The highest BCUT2D eigenvalue weighted by Crippen LogP contribution is 2.33. The summed E-state index contributed by atoms with van der Waals surface area (Å²) >= 11 is 5.82. The number of nitrogens with one attached hydrogen (secondary N) is 1. The van der Waals surface area contributed by atoms with Crippen LogP contribution in [0.5, 0.6) is 0 Å². The molecule has 0 bridgehead atoms. The number of anilines is 1. The van der Waals surface area contributed by atoms with Crippen LogP contribution in [0, 0.1) is 10.1 Å². The van der Waals surface area contributed by atoms with E-state index < -0.39 is 22.4 Å². The summed E-state index contributed by atoms with van der Waals surface area (Å²) in [7, 11) is 0. The molecule has 0 atom stereocenters. The smallest absolute Gasteiger partial charge is 0.376 e. The molecule has 0 aliphatic carbocycles. The topological polar surface area (TPSA) is 72.2 Å². The summed E-state index contributed by atoms with van der Waals surface area (Å²) in [5.74, 6) is -0.446. The van der Waals surface area contributed by atoms with E-state index in [9.17, 15) is 28.1 Å². The first-order valence-electron chi connectivity index (χ1n) is 6.57. The number of Topliss-reactive ketones (excluding diaryl/α,β-unsaturated/α-hetero) is 1. The second-order valence-electron chi connectivity index (χ2n) is 4.77. The van der Waals surface area contributed by atoms with Crippen molar-refractivity contribution in [1.29, 1.82) is 0 Å². The average molecular weight is 359 g/mol. The Morgan fingerprint density at radius 2 is 1.79 bits per heavy atom. The molecule has 0 amide bonds. The maximum atomic E-state index is 12.7. The number of hydrogen-bond acceptors (Lipinski definition) is 4. The third-order valence-electron chi connectivity index (χ3n) is 3.13. The summed E-state index contributed by atoms with van der Waals surface area (Å²) < 4.78 is 38.0. The third-order valence-corrected chi connectivity index (χ3v) is 3.46. The number of nitro groups is 1. The molecule has 0 aliphatic rings. The van der Waals surface area contributed by atoms with E-state index in [-0.39, 0.29) is 28.5 Å². The van der Waals surface area contributed by atoms with Crippen LogP contribution in [0.3, 0.4) is 0 Å². The maximum absolute atomic E-state index is 12.7. The van der Waals surface area contributed by atoms with Crippen molar-refractivity contribution in [3.63, 3.8) is 0 Å². The number of rotatable bonds is 5. The molecule has 0 fully saturated rings. The number of hydrogen-bond donors (Lipinski definition) is 1. The maximum Gasteiger partial charge on any atom is 0.416 e. The van der Waals surface area contributed by atoms with Crippen LogP contribution in [0.1, 0.15) is 15.9 Å². The van der Waals surface area contributed by atoms with Gasteiger partial charge in [-0.05, 0) is 30.3 Å². The van der Waals surface area contributed by atoms with Gasteiger partial charge in [-0.3, -0.25) is 14.9 Å². The molecule has 0 unspecified atom stereocenters. The zero-order valence-electron chi connectivity index (χ0n) is 11.9. The molecule has 24 heavy (non-hydrogen) atoms. The van der Waals surface area contributed by atoms with Gasteiger partial charge in [-0.1, -0.05) is 11.6 Å². The second-order valence-corrected chi connectivity index (χ2v) is 5.18. The van der Waals surface area contributed by atoms with Gasteiger partial charge < -0.3 is 5.32 Å². The van der Waals surface area contributed by atoms with Crippen molar-refractivity contribution in [3.05, 3.63) is 68.7 Å². The minimum absolute atomic E-state index is 0.0262. The number of non-ortho nitro benzene ring substituents is 1. The highest BCUT2D eigenvalue weighted by atomic mass is 35.5. The quantitative estimate of drug-likeness (QED) is 0.483. The van der Waals surface area contributed by atoms with Crippen molar-refractivity contribution < 1.29 is 22.9 Å². The van der Waals surface area contributed by atoms with Gasteiger partial charge in [-0.15, -0.1) is 0 Å². The summed E-state index contributed by atoms with van der Waals surface area (Å²) in [5.41, 5.74) is -0.893. The molecule has 9 heteroatoms. The third kappa shape index (κ3) is 4.23. The molecule has 2 aromatic carbocycles. The van der Waals surface area contributed by atoms with Crippen molar-refractivity contribution in [2.45, 2.75) is 6.18 Å². The van der Waals surface area contributed by atoms with Crippen LogP contribution in [0.4, 0.5) is 24.5 Å². The number of halogens is 4. The molecule has 2 aromatic rings. The molecule has 0 spiro atoms. The van der Waals surface area contributed by atoms with Gasteiger partial charge in [0, 0.05) is 17.7 Å². The van der Waals surface area contributed by atoms with Crippen LogP contribution >= 0.6 is 11.6 Å². The lowest BCUT2D eigenvalue weighted by molar-refractivity contribution is -0.384. The summed E-state index contributed by atoms with van der Waals surface area (Å²) in [6, 6.07) is 7.63. The first-order valence-corrected chi connectivity index (χ1v) is 6.94. The molecular formula is C15H10ClF3N2O3. The minimum Gasteiger partial charge on any atom is -0.376 e. The molecule has 2 rings (SSSR count). The Bertz CT molecular complexity index is 777. The molecule has 1 N–H and O–H groups in total. The lowest BCUT2D eigenvalue weighted by Gasteiger charge is -2.12. The lowest BCUT2D eigenvalue weighted by Crippen LogP contribution is -2.15. The van der Waals surface area contributed by atoms with Gasteiger partial charge in [0.1, 0.15) is 0 Å². The van der Waals surface area contributed by atoms with Gasteiger partial charge in [0.25, 0.3) is 5.69 Å². The minimum atomic E-state index is -4.52. The Morgan fingerprint density at radius 3 is 2.33 bits per heavy atom. The molecule has 126 valence electrons. The second kappa shape index (κ2) is 6.88. The van der Waals surface area contributed by atoms with Gasteiger partial charge in [0.15, 0.2) is 5.78 Å². The fraction of sp³-hybridized carbons (Fsp3) is 0.133. The van der Waals surface area contributed by atoms with Crippen LogP contribution in [-0.4, -0.2) is 17.3 Å². The number of ketones is 1. The monoisotopic (exact) mass is 358 g/mol. The van der Waals surface area contributed by atoms with Crippen LogP contribution in [-0.2, 0) is 6.18 Å². The molecule has 0 aromatic heterocycles. The Labute approximate surface area is 139 Å². The predicted octanol–water partition coefficient (Wildman–Crippen LogP) is 4.56. The molecule has 0 saturated carbocycles. The predicted molar refractivity (Wildman–Crippen MR) is 82.4 cm³/mol. The van der Waals surface area contributed by atoms with E-state index in [2.05, 4.69) is 5.32 Å². The van der Waals surface area contributed by atoms with E-state index in [0.29, 0.717) is 0 Å².